The lowest BCUT2D eigenvalue weighted by Gasteiger charge is -2.14. The van der Waals surface area contributed by atoms with E-state index in [-0.39, 0.29) is 28.1 Å². The van der Waals surface area contributed by atoms with E-state index in [9.17, 15) is 13.2 Å². The van der Waals surface area contributed by atoms with E-state index < -0.39 is 10.1 Å². The van der Waals surface area contributed by atoms with Crippen LogP contribution >= 0.6 is 0 Å². The van der Waals surface area contributed by atoms with Gasteiger partial charge in [0.2, 0.25) is 0 Å². The average Bonchev–Trinajstić information content (AvgIpc) is 3.12. The molecule has 2 N–H and O–H groups in total. The molecule has 0 spiro atoms. The molecule has 48 heavy (non-hydrogen) atoms. The monoisotopic (exact) mass is 696 g/mol. The second kappa shape index (κ2) is 42.1. The molecule has 0 bridgehead atoms. The second-order valence-electron chi connectivity index (χ2n) is 9.89. The third-order valence-corrected chi connectivity index (χ3v) is 7.10. The van der Waals surface area contributed by atoms with Gasteiger partial charge in [-0.1, -0.05) is 153 Å². The summed E-state index contributed by atoms with van der Waals surface area (Å²) in [6.45, 7) is 42.0. The summed E-state index contributed by atoms with van der Waals surface area (Å²) in [5.74, 6) is -0.0281. The number of ketones is 1. The molecule has 1 unspecified atom stereocenters. The topological polar surface area (TPSA) is 112 Å². The lowest BCUT2D eigenvalue weighted by Crippen LogP contribution is -2.06. The number of nitrogens with one attached hydrogen (secondary N) is 1. The maximum absolute atomic E-state index is 11.2. The van der Waals surface area contributed by atoms with E-state index in [1.54, 1.807) is 12.1 Å². The van der Waals surface area contributed by atoms with Gasteiger partial charge in [-0.15, -0.1) is 13.2 Å². The van der Waals surface area contributed by atoms with Crippen LogP contribution in [0.2, 0.25) is 0 Å². The molecular weight excluding hydrogens is 619 g/mol. The summed E-state index contributed by atoms with van der Waals surface area (Å²) < 4.78 is 31.4. The first kappa shape index (κ1) is 60.4. The number of hydrogen-bond donors (Lipinski definition) is 2. The van der Waals surface area contributed by atoms with Crippen molar-refractivity contribution in [2.45, 2.75) is 167 Å². The Morgan fingerprint density at radius 2 is 1.15 bits per heavy atom. The van der Waals surface area contributed by atoms with E-state index in [0.29, 0.717) is 5.56 Å². The van der Waals surface area contributed by atoms with Crippen LogP contribution in [-0.4, -0.2) is 31.3 Å². The van der Waals surface area contributed by atoms with E-state index in [4.69, 9.17) is 14.8 Å². The van der Waals surface area contributed by atoms with Crippen LogP contribution in [0.1, 0.15) is 181 Å². The number of rotatable bonds is 8. The zero-order valence-corrected chi connectivity index (χ0v) is 35.1. The molecule has 7 heteroatoms. The van der Waals surface area contributed by atoms with Gasteiger partial charge in [-0.2, -0.15) is 8.42 Å². The molecule has 2 aromatic carbocycles. The Kier molecular flexibility index (Phi) is 53.0. The normalized spacial score (nSPS) is 9.40. The molecule has 282 valence electrons. The van der Waals surface area contributed by atoms with Crippen LogP contribution < -0.4 is 0 Å². The number of Topliss-reactive ketones (excluding diaryl/α,β-unsaturated/α-hetero) is 1. The second-order valence-corrected chi connectivity index (χ2v) is 11.3. The van der Waals surface area contributed by atoms with Gasteiger partial charge in [-0.25, -0.2) is 0 Å². The summed E-state index contributed by atoms with van der Waals surface area (Å²) in [6.07, 6.45) is 6.34. The fourth-order valence-electron chi connectivity index (χ4n) is 3.06. The van der Waals surface area contributed by atoms with E-state index in [1.165, 1.54) is 55.4 Å². The number of benzene rings is 2. The van der Waals surface area contributed by atoms with Gasteiger partial charge in [0.1, 0.15) is 6.79 Å². The lowest BCUT2D eigenvalue weighted by atomic mass is 9.91. The Hall–Kier alpha value is -2.90. The van der Waals surface area contributed by atoms with E-state index in [0.717, 1.165) is 12.1 Å². The Morgan fingerprint density at radius 3 is 1.42 bits per heavy atom. The van der Waals surface area contributed by atoms with Crippen molar-refractivity contribution in [3.8, 4) is 0 Å². The first-order valence-corrected chi connectivity index (χ1v) is 19.1. The third kappa shape index (κ3) is 31.7. The van der Waals surface area contributed by atoms with E-state index in [2.05, 4.69) is 79.8 Å². The van der Waals surface area contributed by atoms with Crippen LogP contribution in [-0.2, 0) is 21.3 Å². The lowest BCUT2D eigenvalue weighted by molar-refractivity contribution is -0.0980. The molecule has 2 aromatic rings. The highest BCUT2D eigenvalue weighted by Gasteiger charge is 2.19. The Bertz CT molecular complexity index is 1120. The van der Waals surface area contributed by atoms with E-state index >= 15 is 0 Å². The van der Waals surface area contributed by atoms with Gasteiger partial charge < -0.3 is 10.2 Å². The van der Waals surface area contributed by atoms with Crippen molar-refractivity contribution >= 4 is 28.4 Å². The van der Waals surface area contributed by atoms with Gasteiger partial charge in [0.05, 0.1) is 4.90 Å². The molecule has 0 aromatic heterocycles. The minimum absolute atomic E-state index is 0.0436. The van der Waals surface area contributed by atoms with Gasteiger partial charge in [0.25, 0.3) is 10.1 Å². The summed E-state index contributed by atoms with van der Waals surface area (Å²) in [5, 5.41) is 7.66. The standard InChI is InChI=1S/C13H19N.C11H14O4S.2C4H10.3C2H6.C2H4.CH2O/c1-5-12-7-6-9(2)13(8-12)10(3)11(4)14;1-7(2)10-5-4-9(8(3)12)6-11(10)16(13,14)15;2*1-3-4-2;5*1-2/h6-8,10,14H,5H2,1-4H3;4-7H,1-3H3,(H,13,14,15);2*3-4H2,1-2H3;3*1-2H3;1-2H2;1H2. The summed E-state index contributed by atoms with van der Waals surface area (Å²) in [4.78, 5) is 18.9. The van der Waals surface area contributed by atoms with Crippen LogP contribution in [0, 0.1) is 12.3 Å². The van der Waals surface area contributed by atoms with Gasteiger partial charge in [-0.05, 0) is 61.4 Å². The highest BCUT2D eigenvalue weighted by molar-refractivity contribution is 7.85. The molecular formula is C41H77NO5S. The summed E-state index contributed by atoms with van der Waals surface area (Å²) >= 11 is 0. The van der Waals surface area contributed by atoms with Crippen molar-refractivity contribution in [3.63, 3.8) is 0 Å². The molecule has 0 saturated carbocycles. The molecule has 0 aliphatic heterocycles. The van der Waals surface area contributed by atoms with Crippen LogP contribution in [0.15, 0.2) is 54.5 Å². The summed E-state index contributed by atoms with van der Waals surface area (Å²) in [5.41, 5.74) is 5.47. The van der Waals surface area contributed by atoms with Gasteiger partial charge >= 0.3 is 0 Å². The molecule has 0 heterocycles. The first-order chi connectivity index (χ1) is 22.6. The number of aryl methyl sites for hydroxylation is 2. The van der Waals surface area contributed by atoms with Crippen LogP contribution in [0.5, 0.6) is 0 Å². The molecule has 0 radical (unpaired) electrons. The van der Waals surface area contributed by atoms with Crippen LogP contribution in [0.3, 0.4) is 0 Å². The van der Waals surface area contributed by atoms with Crippen molar-refractivity contribution < 1.29 is 22.6 Å². The average molecular weight is 696 g/mol. The Morgan fingerprint density at radius 1 is 0.750 bits per heavy atom. The quantitative estimate of drug-likeness (QED) is 0.123. The minimum Gasteiger partial charge on any atom is -0.309 e. The predicted molar refractivity (Wildman–Crippen MR) is 216 cm³/mol. The highest BCUT2D eigenvalue weighted by atomic mass is 32.2. The molecule has 1 atom stereocenters. The summed E-state index contributed by atoms with van der Waals surface area (Å²) in [7, 11) is -4.29. The predicted octanol–water partition coefficient (Wildman–Crippen LogP) is 13.3. The zero-order chi connectivity index (χ0) is 40.1. The minimum atomic E-state index is -4.29. The first-order valence-electron chi connectivity index (χ1n) is 17.7. The summed E-state index contributed by atoms with van der Waals surface area (Å²) in [6, 6.07) is 10.9. The molecule has 6 nitrogen and oxygen atoms in total. The van der Waals surface area contributed by atoms with Gasteiger partial charge in [0, 0.05) is 17.2 Å². The maximum atomic E-state index is 11.2. The zero-order valence-electron chi connectivity index (χ0n) is 34.3. The number of unbranched alkanes of at least 4 members (excludes halogenated alkanes) is 2. The van der Waals surface area contributed by atoms with Crippen molar-refractivity contribution in [1.82, 2.24) is 0 Å². The van der Waals surface area contributed by atoms with Crippen molar-refractivity contribution in [2.24, 2.45) is 0 Å². The number of hydrogen-bond acceptors (Lipinski definition) is 5. The maximum Gasteiger partial charge on any atom is 0.294 e. The van der Waals surface area contributed by atoms with Crippen LogP contribution in [0.4, 0.5) is 0 Å². The SMILES string of the molecule is C=C.C=O.CC.CC.CC.CC(=O)c1ccc(C(C)C)c(S(=O)(=O)O)c1.CCCC.CCCC.CCc1ccc(C)c(C(C)C(C)=N)c1. The van der Waals surface area contributed by atoms with Crippen molar-refractivity contribution in [2.75, 3.05) is 0 Å². The highest BCUT2D eigenvalue weighted by Crippen LogP contribution is 2.25. The molecule has 0 aliphatic carbocycles. The van der Waals surface area contributed by atoms with Gasteiger partial charge in [0.15, 0.2) is 5.78 Å². The molecule has 0 saturated heterocycles. The number of carbonyl (C=O) groups excluding carboxylic acids is 2. The van der Waals surface area contributed by atoms with Crippen LogP contribution in [0.25, 0.3) is 0 Å². The smallest absolute Gasteiger partial charge is 0.294 e. The Labute approximate surface area is 299 Å². The molecule has 0 amide bonds. The molecule has 0 aliphatic rings. The van der Waals surface area contributed by atoms with Crippen molar-refractivity contribution in [1.29, 1.82) is 5.41 Å². The largest absolute Gasteiger partial charge is 0.309 e. The Balaban J connectivity index is -0.0000000949. The van der Waals surface area contributed by atoms with Gasteiger partial charge in [-0.3, -0.25) is 9.35 Å². The van der Waals surface area contributed by atoms with E-state index in [1.807, 2.05) is 69.1 Å². The third-order valence-electron chi connectivity index (χ3n) is 6.19. The van der Waals surface area contributed by atoms with Crippen molar-refractivity contribution in [3.05, 3.63) is 77.4 Å². The fourth-order valence-corrected chi connectivity index (χ4v) is 3.94. The number of carbonyl (C=O) groups is 2. The molecule has 0 fully saturated rings. The molecule has 2 rings (SSSR count). The fraction of sp³-hybridized carbons (Fsp3) is 0.585.